The SMILES string of the molecule is CC(C)C(c1ccc(Cl)cc1)C(N)C(=O)Nc1cncc(F)c1CCC1CN(C(=O)OC(C)(C)C)CC(C)N1S(=O)(=O)c1ccccc1. The third-order valence-electron chi connectivity index (χ3n) is 8.33. The standard InChI is InChI=1S/C35H45ClFN5O5S/c1-22(2)31(24-12-14-25(36)15-13-24)32(38)33(43)40-30-19-39-18-29(37)28(30)17-16-26-21-41(34(44)47-35(4,5)6)20-23(3)42(26)48(45,46)27-10-8-7-9-11-27/h7-15,18-19,22-23,26,31-32H,16-17,20-21,38H2,1-6H3,(H,40,43). The molecule has 4 atom stereocenters. The van der Waals surface area contributed by atoms with Crippen molar-refractivity contribution in [2.24, 2.45) is 11.7 Å². The molecule has 0 radical (unpaired) electrons. The number of carbonyl (C=O) groups excluding carboxylic acids is 2. The van der Waals surface area contributed by atoms with Crippen LogP contribution in [0, 0.1) is 11.7 Å². The van der Waals surface area contributed by atoms with Gasteiger partial charge in [-0.15, -0.1) is 0 Å². The number of sulfonamides is 1. The fourth-order valence-corrected chi connectivity index (χ4v) is 8.19. The van der Waals surface area contributed by atoms with Crippen molar-refractivity contribution in [2.45, 2.75) is 88.9 Å². The Bertz CT molecular complexity index is 1690. The predicted molar refractivity (Wildman–Crippen MR) is 185 cm³/mol. The van der Waals surface area contributed by atoms with Crippen LogP contribution in [0.25, 0.3) is 0 Å². The zero-order valence-electron chi connectivity index (χ0n) is 28.2. The van der Waals surface area contributed by atoms with E-state index in [1.165, 1.54) is 27.5 Å². The zero-order chi connectivity index (χ0) is 35.4. The lowest BCUT2D eigenvalue weighted by Crippen LogP contribution is -2.61. The minimum atomic E-state index is -3.99. The molecule has 0 saturated carbocycles. The lowest BCUT2D eigenvalue weighted by molar-refractivity contribution is -0.118. The minimum Gasteiger partial charge on any atom is -0.444 e. The number of nitrogens with two attached hydrogens (primary N) is 1. The number of pyridine rings is 1. The molecule has 10 nitrogen and oxygen atoms in total. The molecule has 2 heterocycles. The Morgan fingerprint density at radius 1 is 1.08 bits per heavy atom. The van der Waals surface area contributed by atoms with Crippen LogP contribution in [0.4, 0.5) is 14.9 Å². The topological polar surface area (TPSA) is 135 Å². The van der Waals surface area contributed by atoms with E-state index in [1.54, 1.807) is 58.0 Å². The number of amides is 2. The molecule has 48 heavy (non-hydrogen) atoms. The van der Waals surface area contributed by atoms with E-state index in [-0.39, 0.29) is 53.9 Å². The molecule has 260 valence electrons. The van der Waals surface area contributed by atoms with Crippen LogP contribution in [0.3, 0.4) is 0 Å². The highest BCUT2D eigenvalue weighted by Gasteiger charge is 2.42. The number of nitrogens with one attached hydrogen (secondary N) is 1. The Morgan fingerprint density at radius 3 is 2.33 bits per heavy atom. The van der Waals surface area contributed by atoms with E-state index in [1.807, 2.05) is 26.0 Å². The Labute approximate surface area is 287 Å². The minimum absolute atomic E-state index is 0.00390. The number of benzene rings is 2. The second-order valence-electron chi connectivity index (χ2n) is 13.6. The smallest absolute Gasteiger partial charge is 0.410 e. The Balaban J connectivity index is 1.61. The van der Waals surface area contributed by atoms with Crippen LogP contribution in [0.5, 0.6) is 0 Å². The highest BCUT2D eigenvalue weighted by molar-refractivity contribution is 7.89. The molecule has 3 N–H and O–H groups in total. The third kappa shape index (κ3) is 8.90. The van der Waals surface area contributed by atoms with Gasteiger partial charge in [-0.25, -0.2) is 17.6 Å². The van der Waals surface area contributed by atoms with E-state index in [0.29, 0.717) is 5.02 Å². The number of ether oxygens (including phenoxy) is 1. The summed E-state index contributed by atoms with van der Waals surface area (Å²) in [6.07, 6.45) is 2.00. The van der Waals surface area contributed by atoms with Crippen molar-refractivity contribution in [1.82, 2.24) is 14.2 Å². The molecule has 1 aliphatic rings. The summed E-state index contributed by atoms with van der Waals surface area (Å²) in [4.78, 5) is 32.2. The first-order valence-electron chi connectivity index (χ1n) is 16.0. The van der Waals surface area contributed by atoms with E-state index in [2.05, 4.69) is 10.3 Å². The van der Waals surface area contributed by atoms with E-state index < -0.39 is 51.6 Å². The van der Waals surface area contributed by atoms with Gasteiger partial charge in [-0.05, 0) is 76.3 Å². The van der Waals surface area contributed by atoms with Crippen molar-refractivity contribution < 1.29 is 27.1 Å². The van der Waals surface area contributed by atoms with Gasteiger partial charge in [-0.3, -0.25) is 9.78 Å². The van der Waals surface area contributed by atoms with E-state index >= 15 is 4.39 Å². The Morgan fingerprint density at radius 2 is 1.73 bits per heavy atom. The number of hydrogen-bond donors (Lipinski definition) is 2. The van der Waals surface area contributed by atoms with Gasteiger partial charge in [0.1, 0.15) is 11.4 Å². The summed E-state index contributed by atoms with van der Waals surface area (Å²) in [6, 6.07) is 12.9. The van der Waals surface area contributed by atoms with Gasteiger partial charge in [0.2, 0.25) is 15.9 Å². The number of anilines is 1. The number of rotatable bonds is 10. The van der Waals surface area contributed by atoms with Gasteiger partial charge in [0, 0.05) is 41.7 Å². The summed E-state index contributed by atoms with van der Waals surface area (Å²) in [6.45, 7) is 11.1. The van der Waals surface area contributed by atoms with Crippen molar-refractivity contribution in [3.63, 3.8) is 0 Å². The summed E-state index contributed by atoms with van der Waals surface area (Å²) >= 11 is 6.07. The van der Waals surface area contributed by atoms with Crippen LogP contribution in [0.1, 0.15) is 65.0 Å². The number of aromatic nitrogens is 1. The predicted octanol–water partition coefficient (Wildman–Crippen LogP) is 6.21. The molecular formula is C35H45ClFN5O5S. The van der Waals surface area contributed by atoms with Gasteiger partial charge < -0.3 is 20.7 Å². The molecule has 0 bridgehead atoms. The first-order valence-corrected chi connectivity index (χ1v) is 17.8. The maximum absolute atomic E-state index is 15.4. The zero-order valence-corrected chi connectivity index (χ0v) is 29.8. The number of nitrogens with zero attached hydrogens (tertiary/aromatic N) is 3. The number of piperazine rings is 1. The Kier molecular flexibility index (Phi) is 11.9. The van der Waals surface area contributed by atoms with Crippen molar-refractivity contribution in [2.75, 3.05) is 18.4 Å². The second kappa shape index (κ2) is 15.3. The summed E-state index contributed by atoms with van der Waals surface area (Å²) in [5.41, 5.74) is 6.88. The maximum Gasteiger partial charge on any atom is 0.410 e. The van der Waals surface area contributed by atoms with Gasteiger partial charge in [-0.2, -0.15) is 4.31 Å². The maximum atomic E-state index is 15.4. The van der Waals surface area contributed by atoms with Crippen LogP contribution >= 0.6 is 11.6 Å². The second-order valence-corrected chi connectivity index (χ2v) is 15.8. The summed E-state index contributed by atoms with van der Waals surface area (Å²) < 4.78 is 50.4. The lowest BCUT2D eigenvalue weighted by Gasteiger charge is -2.44. The molecular weight excluding hydrogens is 657 g/mol. The van der Waals surface area contributed by atoms with Crippen molar-refractivity contribution >= 4 is 39.3 Å². The van der Waals surface area contributed by atoms with E-state index in [9.17, 15) is 18.0 Å². The third-order valence-corrected chi connectivity index (χ3v) is 10.7. The van der Waals surface area contributed by atoms with Crippen LogP contribution < -0.4 is 11.1 Å². The first kappa shape index (κ1) is 37.2. The van der Waals surface area contributed by atoms with Gasteiger partial charge in [0.25, 0.3) is 0 Å². The highest BCUT2D eigenvalue weighted by atomic mass is 35.5. The molecule has 4 rings (SSSR count). The lowest BCUT2D eigenvalue weighted by atomic mass is 9.82. The van der Waals surface area contributed by atoms with Crippen molar-refractivity contribution in [3.05, 3.63) is 89.0 Å². The van der Waals surface area contributed by atoms with E-state index in [4.69, 9.17) is 22.1 Å². The molecule has 1 saturated heterocycles. The summed E-state index contributed by atoms with van der Waals surface area (Å²) in [5.74, 6) is -1.54. The van der Waals surface area contributed by atoms with Gasteiger partial charge in [-0.1, -0.05) is 55.8 Å². The molecule has 4 unspecified atom stereocenters. The average molecular weight is 702 g/mol. The Hall–Kier alpha value is -3.58. The molecule has 1 aliphatic heterocycles. The van der Waals surface area contributed by atoms with Crippen molar-refractivity contribution in [1.29, 1.82) is 0 Å². The van der Waals surface area contributed by atoms with Crippen LogP contribution in [0.15, 0.2) is 71.9 Å². The van der Waals surface area contributed by atoms with Gasteiger partial charge in [0.05, 0.1) is 29.0 Å². The quantitative estimate of drug-likeness (QED) is 0.257. The molecule has 0 spiro atoms. The highest BCUT2D eigenvalue weighted by Crippen LogP contribution is 2.32. The van der Waals surface area contributed by atoms with Gasteiger partial charge >= 0.3 is 6.09 Å². The van der Waals surface area contributed by atoms with Gasteiger partial charge in [0.15, 0.2) is 0 Å². The largest absolute Gasteiger partial charge is 0.444 e. The average Bonchev–Trinajstić information content (AvgIpc) is 3.00. The number of carbonyl (C=O) groups is 2. The molecule has 3 aromatic rings. The number of halogens is 2. The summed E-state index contributed by atoms with van der Waals surface area (Å²) in [5, 5.41) is 3.34. The summed E-state index contributed by atoms with van der Waals surface area (Å²) in [7, 11) is -3.99. The number of hydrogen-bond acceptors (Lipinski definition) is 7. The van der Waals surface area contributed by atoms with Crippen LogP contribution in [-0.4, -0.2) is 71.4 Å². The molecule has 1 fully saturated rings. The van der Waals surface area contributed by atoms with Crippen molar-refractivity contribution in [3.8, 4) is 0 Å². The molecule has 2 aromatic carbocycles. The van der Waals surface area contributed by atoms with Crippen LogP contribution in [0.2, 0.25) is 5.02 Å². The molecule has 13 heteroatoms. The normalized spacial score (nSPS) is 18.8. The van der Waals surface area contributed by atoms with E-state index in [0.717, 1.165) is 11.8 Å². The fourth-order valence-electron chi connectivity index (χ4n) is 6.22. The monoisotopic (exact) mass is 701 g/mol. The fraction of sp³-hybridized carbons (Fsp3) is 0.457. The molecule has 1 aromatic heterocycles. The molecule has 2 amide bonds. The van der Waals surface area contributed by atoms with Crippen LogP contribution in [-0.2, 0) is 26.0 Å². The first-order chi connectivity index (χ1) is 22.5. The molecule has 0 aliphatic carbocycles.